The molecule has 0 aromatic heterocycles. The standard InChI is InChI=1S/C14H21N5O7/c15-18-17-6-8-25-10-9-24-7-5-16-11(20)1-4-14(23)26-19-12(21)2-3-13(19)22/h1-10H2,(H,16,20). The number of rotatable bonds is 13. The lowest BCUT2D eigenvalue weighted by molar-refractivity contribution is -0.197. The zero-order valence-corrected chi connectivity index (χ0v) is 14.2. The van der Waals surface area contributed by atoms with E-state index in [4.69, 9.17) is 15.0 Å². The van der Waals surface area contributed by atoms with Crippen molar-refractivity contribution in [1.82, 2.24) is 10.4 Å². The molecule has 0 unspecified atom stereocenters. The fourth-order valence-corrected chi connectivity index (χ4v) is 1.84. The van der Waals surface area contributed by atoms with E-state index in [0.717, 1.165) is 0 Å². The number of ether oxygens (including phenoxy) is 2. The first kappa shape index (κ1) is 21.4. The molecule has 1 fully saturated rings. The van der Waals surface area contributed by atoms with Crippen LogP contribution in [-0.4, -0.2) is 68.3 Å². The predicted molar refractivity (Wildman–Crippen MR) is 85.1 cm³/mol. The lowest BCUT2D eigenvalue weighted by Gasteiger charge is -2.12. The number of carbonyl (C=O) groups is 4. The van der Waals surface area contributed by atoms with Gasteiger partial charge in [-0.2, -0.15) is 0 Å². The number of nitrogens with zero attached hydrogens (tertiary/aromatic N) is 4. The molecule has 0 radical (unpaired) electrons. The highest BCUT2D eigenvalue weighted by atomic mass is 16.7. The fraction of sp³-hybridized carbons (Fsp3) is 0.714. The van der Waals surface area contributed by atoms with Crippen LogP contribution in [0, 0.1) is 0 Å². The lowest BCUT2D eigenvalue weighted by atomic mass is 10.3. The molecule has 1 saturated heterocycles. The van der Waals surface area contributed by atoms with Gasteiger partial charge in [0, 0.05) is 37.3 Å². The van der Waals surface area contributed by atoms with Crippen LogP contribution in [0.1, 0.15) is 25.7 Å². The highest BCUT2D eigenvalue weighted by Gasteiger charge is 2.32. The SMILES string of the molecule is [N-]=[N+]=NCCOCCOCCNC(=O)CCC(=O)ON1C(=O)CCC1=O. The summed E-state index contributed by atoms with van der Waals surface area (Å²) < 4.78 is 10.3. The van der Waals surface area contributed by atoms with Crippen LogP contribution in [0.2, 0.25) is 0 Å². The van der Waals surface area contributed by atoms with Gasteiger partial charge in [-0.15, -0.1) is 5.06 Å². The Bertz CT molecular complexity index is 546. The van der Waals surface area contributed by atoms with Crippen LogP contribution in [-0.2, 0) is 33.5 Å². The number of hydroxylamine groups is 2. The summed E-state index contributed by atoms with van der Waals surface area (Å²) in [6, 6.07) is 0. The van der Waals surface area contributed by atoms with Gasteiger partial charge < -0.3 is 19.6 Å². The van der Waals surface area contributed by atoms with Crippen LogP contribution in [0.25, 0.3) is 10.4 Å². The van der Waals surface area contributed by atoms with Crippen molar-refractivity contribution in [2.75, 3.05) is 39.5 Å². The average Bonchev–Trinajstić information content (AvgIpc) is 2.93. The van der Waals surface area contributed by atoms with Gasteiger partial charge in [0.15, 0.2) is 0 Å². The van der Waals surface area contributed by atoms with Crippen LogP contribution in [0.4, 0.5) is 0 Å². The van der Waals surface area contributed by atoms with Crippen molar-refractivity contribution in [3.63, 3.8) is 0 Å². The number of carbonyl (C=O) groups excluding carboxylic acids is 4. The number of imide groups is 1. The molecule has 1 N–H and O–H groups in total. The van der Waals surface area contributed by atoms with Crippen molar-refractivity contribution >= 4 is 23.7 Å². The van der Waals surface area contributed by atoms with Crippen molar-refractivity contribution in [3.8, 4) is 0 Å². The molecule has 1 aliphatic heterocycles. The third kappa shape index (κ3) is 8.97. The van der Waals surface area contributed by atoms with Crippen molar-refractivity contribution < 1.29 is 33.5 Å². The van der Waals surface area contributed by atoms with Gasteiger partial charge in [-0.25, -0.2) is 4.79 Å². The van der Waals surface area contributed by atoms with Crippen molar-refractivity contribution in [3.05, 3.63) is 10.4 Å². The largest absolute Gasteiger partial charge is 0.379 e. The number of nitrogens with one attached hydrogen (secondary N) is 1. The molecule has 0 bridgehead atoms. The number of azide groups is 1. The topological polar surface area (TPSA) is 160 Å². The molecule has 26 heavy (non-hydrogen) atoms. The molecule has 12 heteroatoms. The van der Waals surface area contributed by atoms with Gasteiger partial charge in [0.2, 0.25) is 5.91 Å². The summed E-state index contributed by atoms with van der Waals surface area (Å²) in [5.74, 6) is -2.33. The van der Waals surface area contributed by atoms with Crippen molar-refractivity contribution in [2.45, 2.75) is 25.7 Å². The van der Waals surface area contributed by atoms with E-state index < -0.39 is 17.8 Å². The maximum absolute atomic E-state index is 11.6. The van der Waals surface area contributed by atoms with Crippen LogP contribution < -0.4 is 5.32 Å². The van der Waals surface area contributed by atoms with Gasteiger partial charge in [0.1, 0.15) is 0 Å². The second-order valence-electron chi connectivity index (χ2n) is 5.07. The number of amides is 3. The highest BCUT2D eigenvalue weighted by Crippen LogP contribution is 2.12. The third-order valence-corrected chi connectivity index (χ3v) is 3.09. The normalized spacial score (nSPS) is 13.5. The molecule has 0 atom stereocenters. The second-order valence-corrected chi connectivity index (χ2v) is 5.07. The molecule has 1 heterocycles. The minimum absolute atomic E-state index is 0.0193. The van der Waals surface area contributed by atoms with E-state index in [0.29, 0.717) is 24.9 Å². The molecule has 12 nitrogen and oxygen atoms in total. The summed E-state index contributed by atoms with van der Waals surface area (Å²) in [7, 11) is 0. The van der Waals surface area contributed by atoms with Gasteiger partial charge in [0.25, 0.3) is 11.8 Å². The zero-order valence-electron chi connectivity index (χ0n) is 14.2. The van der Waals surface area contributed by atoms with E-state index >= 15 is 0 Å². The highest BCUT2D eigenvalue weighted by molar-refractivity contribution is 6.01. The Labute approximate surface area is 149 Å². The summed E-state index contributed by atoms with van der Waals surface area (Å²) in [5.41, 5.74) is 8.05. The Morgan fingerprint density at radius 3 is 2.38 bits per heavy atom. The van der Waals surface area contributed by atoms with E-state index in [2.05, 4.69) is 20.2 Å². The van der Waals surface area contributed by atoms with Gasteiger partial charge in [0.05, 0.1) is 32.8 Å². The average molecular weight is 371 g/mol. The first-order chi connectivity index (χ1) is 12.5. The first-order valence-electron chi connectivity index (χ1n) is 8.04. The van der Waals surface area contributed by atoms with E-state index in [-0.39, 0.29) is 51.3 Å². The van der Waals surface area contributed by atoms with Crippen molar-refractivity contribution in [2.24, 2.45) is 5.11 Å². The van der Waals surface area contributed by atoms with E-state index in [9.17, 15) is 19.2 Å². The Balaban J connectivity index is 1.98. The number of hydrogen-bond donors (Lipinski definition) is 1. The maximum atomic E-state index is 11.6. The Morgan fingerprint density at radius 1 is 1.08 bits per heavy atom. The monoisotopic (exact) mass is 371 g/mol. The summed E-state index contributed by atoms with van der Waals surface area (Å²) in [6.07, 6.45) is -0.336. The van der Waals surface area contributed by atoms with E-state index in [1.54, 1.807) is 0 Å². The minimum Gasteiger partial charge on any atom is -0.379 e. The molecule has 144 valence electrons. The maximum Gasteiger partial charge on any atom is 0.333 e. The Morgan fingerprint density at radius 2 is 1.73 bits per heavy atom. The minimum atomic E-state index is -0.821. The van der Waals surface area contributed by atoms with Gasteiger partial charge in [-0.05, 0) is 5.53 Å². The molecule has 0 spiro atoms. The van der Waals surface area contributed by atoms with Crippen LogP contribution in [0.3, 0.4) is 0 Å². The molecular weight excluding hydrogens is 350 g/mol. The van der Waals surface area contributed by atoms with E-state index in [1.165, 1.54) is 0 Å². The Kier molecular flexibility index (Phi) is 10.4. The molecule has 0 aromatic carbocycles. The van der Waals surface area contributed by atoms with Gasteiger partial charge >= 0.3 is 5.97 Å². The van der Waals surface area contributed by atoms with E-state index in [1.807, 2.05) is 0 Å². The third-order valence-electron chi connectivity index (χ3n) is 3.09. The van der Waals surface area contributed by atoms with Crippen LogP contribution >= 0.6 is 0 Å². The molecular formula is C14H21N5O7. The summed E-state index contributed by atoms with van der Waals surface area (Å²) in [4.78, 5) is 52.9. The molecule has 0 saturated carbocycles. The number of hydrogen-bond acceptors (Lipinski definition) is 8. The molecule has 0 aliphatic carbocycles. The quantitative estimate of drug-likeness (QED) is 0.155. The fourth-order valence-electron chi connectivity index (χ4n) is 1.84. The summed E-state index contributed by atoms with van der Waals surface area (Å²) in [5, 5.41) is 6.30. The first-order valence-corrected chi connectivity index (χ1v) is 8.04. The Hall–Kier alpha value is -2.69. The zero-order chi connectivity index (χ0) is 19.2. The van der Waals surface area contributed by atoms with Crippen molar-refractivity contribution in [1.29, 1.82) is 0 Å². The summed E-state index contributed by atoms with van der Waals surface area (Å²) in [6.45, 7) is 1.78. The smallest absolute Gasteiger partial charge is 0.333 e. The molecule has 0 aromatic rings. The molecule has 3 amide bonds. The predicted octanol–water partition coefficient (Wildman–Crippen LogP) is -0.166. The van der Waals surface area contributed by atoms with Gasteiger partial charge in [-0.3, -0.25) is 14.4 Å². The second kappa shape index (κ2) is 12.6. The molecule has 1 aliphatic rings. The van der Waals surface area contributed by atoms with Crippen LogP contribution in [0.5, 0.6) is 0 Å². The van der Waals surface area contributed by atoms with Gasteiger partial charge in [-0.1, -0.05) is 5.11 Å². The molecule has 1 rings (SSSR count). The van der Waals surface area contributed by atoms with Crippen LogP contribution in [0.15, 0.2) is 5.11 Å². The lowest BCUT2D eigenvalue weighted by Crippen LogP contribution is -2.33. The summed E-state index contributed by atoms with van der Waals surface area (Å²) >= 11 is 0.